The van der Waals surface area contributed by atoms with Crippen molar-refractivity contribution < 1.29 is 24.5 Å². The van der Waals surface area contributed by atoms with Crippen molar-refractivity contribution in [1.29, 1.82) is 0 Å². The van der Waals surface area contributed by atoms with E-state index in [4.69, 9.17) is 5.10 Å². The van der Waals surface area contributed by atoms with Crippen LogP contribution < -0.4 is 5.11 Å². The molecule has 3 aromatic rings. The number of benzene rings is 2. The Labute approximate surface area is 204 Å². The molecule has 35 heavy (non-hydrogen) atoms. The number of aryl methyl sites for hydroxylation is 1. The number of rotatable bonds is 10. The molecular formula is C28H30FN2O4-. The van der Waals surface area contributed by atoms with Crippen molar-refractivity contribution in [3.05, 3.63) is 89.0 Å². The van der Waals surface area contributed by atoms with Crippen LogP contribution in [-0.2, 0) is 17.6 Å². The van der Waals surface area contributed by atoms with Gasteiger partial charge >= 0.3 is 0 Å². The van der Waals surface area contributed by atoms with Crippen molar-refractivity contribution in [3.8, 4) is 5.69 Å². The number of aromatic nitrogens is 2. The highest BCUT2D eigenvalue weighted by Crippen LogP contribution is 2.37. The largest absolute Gasteiger partial charge is 0.550 e. The maximum atomic E-state index is 13.6. The molecule has 1 aliphatic carbocycles. The number of halogens is 1. The average molecular weight is 478 g/mol. The topological polar surface area (TPSA) is 98.4 Å². The molecule has 4 rings (SSSR count). The molecule has 2 aromatic carbocycles. The molecule has 1 aliphatic rings. The van der Waals surface area contributed by atoms with Crippen molar-refractivity contribution >= 4 is 12.0 Å². The molecule has 2 N–H and O–H groups in total. The number of carbonyl (C=O) groups excluding carboxylic acids is 1. The molecule has 184 valence electrons. The summed E-state index contributed by atoms with van der Waals surface area (Å²) in [6.45, 7) is 0. The Balaban J connectivity index is 1.62. The van der Waals surface area contributed by atoms with Crippen LogP contribution in [0, 0.1) is 5.82 Å². The molecule has 1 unspecified atom stereocenters. The fraction of sp³-hybridized carbons (Fsp3) is 0.357. The lowest BCUT2D eigenvalue weighted by Crippen LogP contribution is -2.29. The van der Waals surface area contributed by atoms with E-state index in [-0.39, 0.29) is 12.2 Å². The van der Waals surface area contributed by atoms with Crippen LogP contribution in [0.3, 0.4) is 0 Å². The highest BCUT2D eigenvalue weighted by Gasteiger charge is 2.27. The van der Waals surface area contributed by atoms with Crippen molar-refractivity contribution in [1.82, 2.24) is 9.78 Å². The zero-order valence-corrected chi connectivity index (χ0v) is 19.5. The van der Waals surface area contributed by atoms with Gasteiger partial charge < -0.3 is 20.1 Å². The quantitative estimate of drug-likeness (QED) is 0.467. The first-order valence-corrected chi connectivity index (χ1v) is 12.1. The Kier molecular flexibility index (Phi) is 8.10. The smallest absolute Gasteiger partial charge is 0.123 e. The number of aliphatic hydroxyl groups excluding tert-OH is 2. The number of carbonyl (C=O) groups is 1. The van der Waals surface area contributed by atoms with E-state index in [0.29, 0.717) is 11.6 Å². The first-order valence-electron chi connectivity index (χ1n) is 12.1. The van der Waals surface area contributed by atoms with Gasteiger partial charge in [0.05, 0.1) is 29.3 Å². The Morgan fingerprint density at radius 1 is 1.17 bits per heavy atom. The number of hydrogen-bond acceptors (Lipinski definition) is 5. The van der Waals surface area contributed by atoms with Crippen LogP contribution in [0.25, 0.3) is 11.8 Å². The zero-order chi connectivity index (χ0) is 24.8. The molecular weight excluding hydrogens is 447 g/mol. The van der Waals surface area contributed by atoms with Crippen LogP contribution in [0.4, 0.5) is 4.39 Å². The Bertz CT molecular complexity index is 1160. The van der Waals surface area contributed by atoms with E-state index in [2.05, 4.69) is 12.1 Å². The summed E-state index contributed by atoms with van der Waals surface area (Å²) < 4.78 is 15.4. The molecule has 1 aromatic heterocycles. The van der Waals surface area contributed by atoms with Gasteiger partial charge in [-0.3, -0.25) is 0 Å². The first kappa shape index (κ1) is 24.8. The minimum atomic E-state index is -1.36. The summed E-state index contributed by atoms with van der Waals surface area (Å²) in [6, 6.07) is 16.5. The van der Waals surface area contributed by atoms with Crippen LogP contribution in [0.15, 0.2) is 60.7 Å². The third-order valence-corrected chi connectivity index (χ3v) is 6.51. The molecule has 0 saturated carbocycles. The molecule has 7 heteroatoms. The lowest BCUT2D eigenvalue weighted by molar-refractivity contribution is -0.307. The van der Waals surface area contributed by atoms with Gasteiger partial charge in [0.25, 0.3) is 0 Å². The Morgan fingerprint density at radius 2 is 1.91 bits per heavy atom. The summed E-state index contributed by atoms with van der Waals surface area (Å²) >= 11 is 0. The van der Waals surface area contributed by atoms with Gasteiger partial charge in [0.2, 0.25) is 0 Å². The van der Waals surface area contributed by atoms with Crippen molar-refractivity contribution in [2.24, 2.45) is 0 Å². The Hall–Kier alpha value is -3.29. The summed E-state index contributed by atoms with van der Waals surface area (Å²) in [7, 11) is 0. The third-order valence-electron chi connectivity index (χ3n) is 6.51. The van der Waals surface area contributed by atoms with Gasteiger partial charge in [0, 0.05) is 30.3 Å². The number of carboxylic acid groups (broad SMARTS) is 1. The molecule has 0 spiro atoms. The zero-order valence-electron chi connectivity index (χ0n) is 19.5. The molecule has 0 bridgehead atoms. The molecule has 0 saturated heterocycles. The van der Waals surface area contributed by atoms with E-state index in [9.17, 15) is 24.5 Å². The average Bonchev–Trinajstić information content (AvgIpc) is 3.21. The van der Waals surface area contributed by atoms with Crippen LogP contribution in [0.5, 0.6) is 0 Å². The SMILES string of the molecule is O=C([O-])C[C@H](O)C[C@H](O)/C=C/c1c2c(nn1-c1ccc(F)cc1)C(CCc1ccccc1)CCC2. The first-order chi connectivity index (χ1) is 16.9. The second kappa shape index (κ2) is 11.4. The lowest BCUT2D eigenvalue weighted by atomic mass is 9.83. The highest BCUT2D eigenvalue weighted by molar-refractivity contribution is 5.64. The summed E-state index contributed by atoms with van der Waals surface area (Å²) in [5.74, 6) is -1.40. The number of carboxylic acids is 1. The van der Waals surface area contributed by atoms with Crippen LogP contribution in [-0.4, -0.2) is 38.2 Å². The predicted octanol–water partition coefficient (Wildman–Crippen LogP) is 3.33. The minimum absolute atomic E-state index is 0.114. The van der Waals surface area contributed by atoms with E-state index in [1.165, 1.54) is 17.7 Å². The molecule has 3 atom stereocenters. The summed E-state index contributed by atoms with van der Waals surface area (Å²) in [4.78, 5) is 10.7. The number of fused-ring (bicyclic) bond motifs is 1. The normalized spacial score (nSPS) is 17.3. The van der Waals surface area contributed by atoms with E-state index in [1.54, 1.807) is 29.0 Å². The van der Waals surface area contributed by atoms with Gasteiger partial charge in [-0.05, 0) is 68.0 Å². The molecule has 1 heterocycles. The van der Waals surface area contributed by atoms with Crippen LogP contribution >= 0.6 is 0 Å². The second-order valence-corrected chi connectivity index (χ2v) is 9.14. The number of hydrogen-bond donors (Lipinski definition) is 2. The van der Waals surface area contributed by atoms with Gasteiger partial charge in [0.15, 0.2) is 0 Å². The van der Waals surface area contributed by atoms with Gasteiger partial charge in [-0.15, -0.1) is 0 Å². The van der Waals surface area contributed by atoms with Gasteiger partial charge in [0.1, 0.15) is 5.82 Å². The van der Waals surface area contributed by atoms with Crippen molar-refractivity contribution in [2.75, 3.05) is 0 Å². The number of aliphatic carboxylic acids is 1. The predicted molar refractivity (Wildman–Crippen MR) is 129 cm³/mol. The molecule has 0 radical (unpaired) electrons. The summed E-state index contributed by atoms with van der Waals surface area (Å²) in [5.41, 5.74) is 4.95. The van der Waals surface area contributed by atoms with E-state index >= 15 is 0 Å². The standard InChI is InChI=1S/C28H31FN2O4/c29-21-11-13-22(14-12-21)31-26(16-15-23(32)17-24(33)18-27(34)35)25-8-4-7-20(28(25)30-31)10-9-19-5-2-1-3-6-19/h1-3,5-6,11-16,20,23-24,32-33H,4,7-10,17-18H2,(H,34,35)/p-1/b16-15+/t20?,23-,24-/m1/s1. The van der Waals surface area contributed by atoms with Gasteiger partial charge in [-0.25, -0.2) is 9.07 Å². The van der Waals surface area contributed by atoms with Gasteiger partial charge in [-0.1, -0.05) is 36.4 Å². The van der Waals surface area contributed by atoms with E-state index < -0.39 is 24.6 Å². The summed E-state index contributed by atoms with van der Waals surface area (Å²) in [6.07, 6.45) is 5.28. The van der Waals surface area contributed by atoms with Crippen molar-refractivity contribution in [3.63, 3.8) is 0 Å². The molecule has 0 fully saturated rings. The number of nitrogens with zero attached hydrogens (tertiary/aromatic N) is 2. The van der Waals surface area contributed by atoms with E-state index in [1.807, 2.05) is 18.2 Å². The third kappa shape index (κ3) is 6.44. The highest BCUT2D eigenvalue weighted by atomic mass is 19.1. The maximum absolute atomic E-state index is 13.6. The molecule has 0 aliphatic heterocycles. The maximum Gasteiger partial charge on any atom is 0.123 e. The van der Waals surface area contributed by atoms with Crippen molar-refractivity contribution in [2.45, 2.75) is 63.1 Å². The molecule has 0 amide bonds. The van der Waals surface area contributed by atoms with E-state index in [0.717, 1.165) is 49.1 Å². The molecule has 6 nitrogen and oxygen atoms in total. The van der Waals surface area contributed by atoms with Crippen LogP contribution in [0.1, 0.15) is 60.5 Å². The minimum Gasteiger partial charge on any atom is -0.550 e. The number of aliphatic hydroxyl groups is 2. The monoisotopic (exact) mass is 477 g/mol. The second-order valence-electron chi connectivity index (χ2n) is 9.14. The summed E-state index contributed by atoms with van der Waals surface area (Å²) in [5, 5.41) is 35.8. The van der Waals surface area contributed by atoms with Gasteiger partial charge in [-0.2, -0.15) is 5.10 Å². The fourth-order valence-corrected chi connectivity index (χ4v) is 4.78. The fourth-order valence-electron chi connectivity index (χ4n) is 4.78. The lowest BCUT2D eigenvalue weighted by Gasteiger charge is -2.21. The van der Waals surface area contributed by atoms with Crippen LogP contribution in [0.2, 0.25) is 0 Å². The Morgan fingerprint density at radius 3 is 2.63 bits per heavy atom.